The fourth-order valence-electron chi connectivity index (χ4n) is 4.22. The van der Waals surface area contributed by atoms with Crippen LogP contribution < -0.4 is 5.32 Å². The largest absolute Gasteiger partial charge is 0.361 e. The lowest BCUT2D eigenvalue weighted by molar-refractivity contribution is -0.132. The number of fused-ring (bicyclic) bond motifs is 1. The number of benzene rings is 1. The Morgan fingerprint density at radius 2 is 1.81 bits per heavy atom. The highest BCUT2D eigenvalue weighted by Crippen LogP contribution is 2.18. The van der Waals surface area contributed by atoms with Gasteiger partial charge in [-0.25, -0.2) is 0 Å². The van der Waals surface area contributed by atoms with Crippen LogP contribution in [0.15, 0.2) is 30.5 Å². The van der Waals surface area contributed by atoms with Gasteiger partial charge in [-0.15, -0.1) is 0 Å². The number of hydrogen-bond acceptors (Lipinski definition) is 3. The van der Waals surface area contributed by atoms with Crippen LogP contribution in [0.2, 0.25) is 0 Å². The molecular formula is C21H28N4O2. The number of rotatable bonds is 5. The van der Waals surface area contributed by atoms with Crippen molar-refractivity contribution in [2.24, 2.45) is 0 Å². The Hall–Kier alpha value is -2.34. The summed E-state index contributed by atoms with van der Waals surface area (Å²) in [4.78, 5) is 32.2. The molecule has 0 saturated carbocycles. The number of aromatic nitrogens is 1. The average Bonchev–Trinajstić information content (AvgIpc) is 3.34. The molecule has 2 aliphatic heterocycles. The van der Waals surface area contributed by atoms with Crippen molar-refractivity contribution in [3.05, 3.63) is 36.0 Å². The molecule has 0 radical (unpaired) electrons. The fraction of sp³-hybridized carbons (Fsp3) is 0.524. The number of H-pyrrole nitrogens is 1. The lowest BCUT2D eigenvalue weighted by atomic mass is 10.0. The molecule has 0 spiro atoms. The molecule has 27 heavy (non-hydrogen) atoms. The van der Waals surface area contributed by atoms with Crippen molar-refractivity contribution in [1.29, 1.82) is 0 Å². The number of nitrogens with one attached hydrogen (secondary N) is 2. The van der Waals surface area contributed by atoms with Gasteiger partial charge in [-0.2, -0.15) is 0 Å². The highest BCUT2D eigenvalue weighted by molar-refractivity contribution is 5.88. The van der Waals surface area contributed by atoms with Crippen molar-refractivity contribution in [2.45, 2.75) is 38.1 Å². The van der Waals surface area contributed by atoms with E-state index in [-0.39, 0.29) is 17.9 Å². The van der Waals surface area contributed by atoms with E-state index in [1.807, 2.05) is 35.4 Å². The Kier molecular flexibility index (Phi) is 5.43. The molecule has 0 aliphatic carbocycles. The number of likely N-dealkylation sites (tertiary alicyclic amines) is 2. The summed E-state index contributed by atoms with van der Waals surface area (Å²) in [6, 6.07) is 8.27. The summed E-state index contributed by atoms with van der Waals surface area (Å²) in [6.07, 6.45) is 6.42. The van der Waals surface area contributed by atoms with E-state index in [0.29, 0.717) is 13.0 Å². The van der Waals surface area contributed by atoms with E-state index in [1.54, 1.807) is 0 Å². The zero-order chi connectivity index (χ0) is 18.6. The molecule has 3 heterocycles. The van der Waals surface area contributed by atoms with Crippen molar-refractivity contribution in [3.63, 3.8) is 0 Å². The summed E-state index contributed by atoms with van der Waals surface area (Å²) in [5, 5.41) is 4.29. The Bertz CT molecular complexity index is 801. The molecule has 6 heteroatoms. The Morgan fingerprint density at radius 3 is 2.59 bits per heavy atom. The van der Waals surface area contributed by atoms with Gasteiger partial charge >= 0.3 is 0 Å². The summed E-state index contributed by atoms with van der Waals surface area (Å²) in [7, 11) is 0. The second kappa shape index (κ2) is 8.13. The first kappa shape index (κ1) is 18.0. The predicted molar refractivity (Wildman–Crippen MR) is 105 cm³/mol. The van der Waals surface area contributed by atoms with Gasteiger partial charge in [-0.3, -0.25) is 14.5 Å². The quantitative estimate of drug-likeness (QED) is 0.847. The molecule has 6 nitrogen and oxygen atoms in total. The van der Waals surface area contributed by atoms with Crippen LogP contribution in [0, 0.1) is 0 Å². The van der Waals surface area contributed by atoms with Crippen LogP contribution in [-0.4, -0.2) is 65.4 Å². The maximum Gasteiger partial charge on any atom is 0.236 e. The van der Waals surface area contributed by atoms with E-state index in [4.69, 9.17) is 0 Å². The molecule has 4 rings (SSSR count). The third-order valence-corrected chi connectivity index (χ3v) is 5.80. The minimum Gasteiger partial charge on any atom is -0.361 e. The molecule has 2 fully saturated rings. The molecular weight excluding hydrogens is 340 g/mol. The molecule has 1 aromatic heterocycles. The number of nitrogens with zero attached hydrogens (tertiary/aromatic N) is 2. The van der Waals surface area contributed by atoms with Crippen molar-refractivity contribution in [2.75, 3.05) is 32.7 Å². The first-order valence-corrected chi connectivity index (χ1v) is 10.0. The predicted octanol–water partition coefficient (Wildman–Crippen LogP) is 1.91. The molecule has 2 amide bonds. The van der Waals surface area contributed by atoms with Gasteiger partial charge in [-0.1, -0.05) is 18.2 Å². The molecule has 144 valence electrons. The van der Waals surface area contributed by atoms with Crippen LogP contribution in [0.1, 0.15) is 31.2 Å². The van der Waals surface area contributed by atoms with Crippen LogP contribution in [0.5, 0.6) is 0 Å². The average molecular weight is 368 g/mol. The van der Waals surface area contributed by atoms with Crippen LogP contribution in [0.4, 0.5) is 0 Å². The van der Waals surface area contributed by atoms with Gasteiger partial charge < -0.3 is 15.2 Å². The summed E-state index contributed by atoms with van der Waals surface area (Å²) in [5.74, 6) is 0.334. The van der Waals surface area contributed by atoms with Gasteiger partial charge in [0.1, 0.15) is 0 Å². The minimum atomic E-state index is 0.0753. The number of aromatic amines is 1. The third-order valence-electron chi connectivity index (χ3n) is 5.80. The number of carbonyl (C=O) groups excluding carboxylic acids is 2. The summed E-state index contributed by atoms with van der Waals surface area (Å²) < 4.78 is 0. The normalized spacial score (nSPS) is 18.9. The highest BCUT2D eigenvalue weighted by Gasteiger charge is 2.25. The van der Waals surface area contributed by atoms with E-state index >= 15 is 0 Å². The SMILES string of the molecule is O=C(Cc1c[nH]c2ccccc12)NC1CCN(CC(=O)N2CCCC2)CC1. The van der Waals surface area contributed by atoms with Crippen molar-refractivity contribution in [1.82, 2.24) is 20.1 Å². The van der Waals surface area contributed by atoms with E-state index < -0.39 is 0 Å². The van der Waals surface area contributed by atoms with Crippen molar-refractivity contribution < 1.29 is 9.59 Å². The smallest absolute Gasteiger partial charge is 0.236 e. The molecule has 2 saturated heterocycles. The molecule has 2 aliphatic rings. The lowest BCUT2D eigenvalue weighted by Crippen LogP contribution is -2.48. The van der Waals surface area contributed by atoms with Crippen LogP contribution in [-0.2, 0) is 16.0 Å². The monoisotopic (exact) mass is 368 g/mol. The van der Waals surface area contributed by atoms with E-state index in [0.717, 1.165) is 68.3 Å². The van der Waals surface area contributed by atoms with Gasteiger partial charge in [0.15, 0.2) is 0 Å². The molecule has 2 N–H and O–H groups in total. The number of hydrogen-bond donors (Lipinski definition) is 2. The minimum absolute atomic E-state index is 0.0753. The van der Waals surface area contributed by atoms with Gasteiger partial charge in [0, 0.05) is 49.3 Å². The van der Waals surface area contributed by atoms with E-state index in [9.17, 15) is 9.59 Å². The standard InChI is InChI=1S/C21H28N4O2/c26-20(13-16-14-22-19-6-2-1-5-18(16)19)23-17-7-11-24(12-8-17)15-21(27)25-9-3-4-10-25/h1-2,5-6,14,17,22H,3-4,7-13,15H2,(H,23,26). The molecule has 1 aromatic carbocycles. The maximum absolute atomic E-state index is 12.5. The molecule has 2 aromatic rings. The number of amides is 2. The lowest BCUT2D eigenvalue weighted by Gasteiger charge is -2.32. The molecule has 0 bridgehead atoms. The second-order valence-electron chi connectivity index (χ2n) is 7.74. The zero-order valence-electron chi connectivity index (χ0n) is 15.7. The second-order valence-corrected chi connectivity index (χ2v) is 7.74. The van der Waals surface area contributed by atoms with Crippen LogP contribution in [0.3, 0.4) is 0 Å². The highest BCUT2D eigenvalue weighted by atomic mass is 16.2. The summed E-state index contributed by atoms with van der Waals surface area (Å²) in [6.45, 7) is 4.10. The Morgan fingerprint density at radius 1 is 1.07 bits per heavy atom. The van der Waals surface area contributed by atoms with E-state index in [1.165, 1.54) is 0 Å². The third kappa shape index (κ3) is 4.33. The maximum atomic E-state index is 12.5. The first-order chi connectivity index (χ1) is 13.2. The molecule has 0 atom stereocenters. The van der Waals surface area contributed by atoms with E-state index in [2.05, 4.69) is 15.2 Å². The number of piperidine rings is 1. The fourth-order valence-corrected chi connectivity index (χ4v) is 4.22. The van der Waals surface area contributed by atoms with Gasteiger partial charge in [-0.05, 0) is 37.3 Å². The Labute approximate surface area is 159 Å². The zero-order valence-corrected chi connectivity index (χ0v) is 15.7. The topological polar surface area (TPSA) is 68.4 Å². The summed E-state index contributed by atoms with van der Waals surface area (Å²) >= 11 is 0. The number of para-hydroxylation sites is 1. The van der Waals surface area contributed by atoms with Gasteiger partial charge in [0.05, 0.1) is 13.0 Å². The van der Waals surface area contributed by atoms with Gasteiger partial charge in [0.2, 0.25) is 11.8 Å². The Balaban J connectivity index is 1.23. The van der Waals surface area contributed by atoms with Crippen molar-refractivity contribution >= 4 is 22.7 Å². The first-order valence-electron chi connectivity index (χ1n) is 10.0. The van der Waals surface area contributed by atoms with Crippen molar-refractivity contribution in [3.8, 4) is 0 Å². The van der Waals surface area contributed by atoms with Crippen LogP contribution >= 0.6 is 0 Å². The van der Waals surface area contributed by atoms with Crippen LogP contribution in [0.25, 0.3) is 10.9 Å². The molecule has 0 unspecified atom stereocenters. The van der Waals surface area contributed by atoms with Gasteiger partial charge in [0.25, 0.3) is 0 Å². The summed E-state index contributed by atoms with van der Waals surface area (Å²) in [5.41, 5.74) is 2.10. The number of carbonyl (C=O) groups is 2.